The Balaban J connectivity index is 1.18. The van der Waals surface area contributed by atoms with Crippen LogP contribution in [0.4, 0.5) is 4.79 Å². The summed E-state index contributed by atoms with van der Waals surface area (Å²) in [6.07, 6.45) is 11.0. The molecule has 54 heavy (non-hydrogen) atoms. The van der Waals surface area contributed by atoms with Gasteiger partial charge in [0, 0.05) is 24.3 Å². The normalized spacial score (nSPS) is 33.3. The van der Waals surface area contributed by atoms with Crippen LogP contribution in [0, 0.1) is 22.7 Å². The maximum atomic E-state index is 14.6. The minimum Gasteiger partial charge on any atom is -0.407 e. The van der Waals surface area contributed by atoms with Crippen LogP contribution in [0.15, 0.2) is 36.9 Å². The lowest BCUT2D eigenvalue weighted by atomic mass is 9.85. The van der Waals surface area contributed by atoms with Crippen molar-refractivity contribution in [2.45, 2.75) is 121 Å². The fraction of sp³-hybridized carbons (Fsp3) is 0.600. The predicted octanol–water partition coefficient (Wildman–Crippen LogP) is 3.55. The first-order valence-electron chi connectivity index (χ1n) is 19.2. The summed E-state index contributed by atoms with van der Waals surface area (Å²) in [7, 11) is -3.91. The Morgan fingerprint density at radius 3 is 2.57 bits per heavy atom. The van der Waals surface area contributed by atoms with Gasteiger partial charge in [-0.05, 0) is 67.3 Å². The van der Waals surface area contributed by atoms with Gasteiger partial charge in [-0.3, -0.25) is 23.9 Å². The van der Waals surface area contributed by atoms with Crippen molar-refractivity contribution in [3.05, 3.63) is 53.6 Å². The SMILES string of the molecule is C=CC1CC1(NC(=O)C1CC2CN1C(=O)C(C(C)(C)C)NC(=O)CC1(C)CC1CCC/C=C/c1cccc3c1C=[N+](C3)C(=O)O2)C(=O)NS(=O)(=O)C1CC1. The molecule has 3 saturated carbocycles. The van der Waals surface area contributed by atoms with E-state index in [0.29, 0.717) is 25.3 Å². The summed E-state index contributed by atoms with van der Waals surface area (Å²) in [5.41, 5.74) is 0.402. The molecule has 0 radical (unpaired) electrons. The summed E-state index contributed by atoms with van der Waals surface area (Å²) in [6, 6.07) is 3.73. The molecule has 1 aromatic carbocycles. The highest BCUT2D eigenvalue weighted by Crippen LogP contribution is 2.57. The molecule has 4 bridgehead atoms. The Bertz CT molecular complexity index is 1960. The summed E-state index contributed by atoms with van der Waals surface area (Å²) in [5.74, 6) is -2.43. The molecule has 6 aliphatic rings. The monoisotopic (exact) mass is 762 g/mol. The van der Waals surface area contributed by atoms with Crippen molar-refractivity contribution >= 4 is 52.0 Å². The average molecular weight is 763 g/mol. The van der Waals surface area contributed by atoms with Crippen molar-refractivity contribution < 1.29 is 41.7 Å². The maximum Gasteiger partial charge on any atom is 0.597 e. The lowest BCUT2D eigenvalue weighted by Crippen LogP contribution is -2.60. The van der Waals surface area contributed by atoms with Gasteiger partial charge in [-0.25, -0.2) is 8.42 Å². The van der Waals surface area contributed by atoms with Crippen LogP contribution < -0.4 is 15.4 Å². The first-order chi connectivity index (χ1) is 25.4. The van der Waals surface area contributed by atoms with Crippen molar-refractivity contribution in [1.82, 2.24) is 20.3 Å². The van der Waals surface area contributed by atoms with E-state index in [2.05, 4.69) is 41.0 Å². The molecule has 7 rings (SSSR count). The number of fused-ring (bicyclic) bond motifs is 3. The van der Waals surface area contributed by atoms with Gasteiger partial charge in [-0.1, -0.05) is 64.1 Å². The van der Waals surface area contributed by atoms with E-state index in [-0.39, 0.29) is 37.1 Å². The van der Waals surface area contributed by atoms with E-state index in [1.165, 1.54) is 15.6 Å². The lowest BCUT2D eigenvalue weighted by molar-refractivity contribution is -0.455. The third-order valence-electron chi connectivity index (χ3n) is 12.2. The van der Waals surface area contributed by atoms with Crippen molar-refractivity contribution in [1.29, 1.82) is 0 Å². The molecule has 7 atom stereocenters. The van der Waals surface area contributed by atoms with E-state index in [1.807, 2.05) is 39.0 Å². The second-order valence-corrected chi connectivity index (χ2v) is 19.5. The van der Waals surface area contributed by atoms with E-state index in [4.69, 9.17) is 4.74 Å². The second-order valence-electron chi connectivity index (χ2n) is 17.5. The van der Waals surface area contributed by atoms with Crippen molar-refractivity contribution in [3.8, 4) is 0 Å². The maximum absolute atomic E-state index is 14.6. The van der Waals surface area contributed by atoms with E-state index < -0.39 is 74.1 Å². The molecule has 0 spiro atoms. The molecule has 4 fully saturated rings. The molecule has 14 heteroatoms. The molecule has 0 aromatic heterocycles. The Morgan fingerprint density at radius 1 is 1.13 bits per heavy atom. The zero-order chi connectivity index (χ0) is 38.8. The van der Waals surface area contributed by atoms with Gasteiger partial charge in [0.15, 0.2) is 12.8 Å². The number of nitrogens with one attached hydrogen (secondary N) is 3. The topological polar surface area (TPSA) is 171 Å². The average Bonchev–Trinajstić information content (AvgIpc) is 4.05. The highest BCUT2D eigenvalue weighted by atomic mass is 32.2. The van der Waals surface area contributed by atoms with Crippen LogP contribution in [-0.2, 0) is 40.5 Å². The third-order valence-corrected chi connectivity index (χ3v) is 14.0. The highest BCUT2D eigenvalue weighted by Gasteiger charge is 2.62. The Morgan fingerprint density at radius 2 is 1.89 bits per heavy atom. The van der Waals surface area contributed by atoms with Crippen LogP contribution in [0.5, 0.6) is 0 Å². The minimum absolute atomic E-state index is 0.0700. The van der Waals surface area contributed by atoms with Crippen molar-refractivity contribution in [2.24, 2.45) is 22.7 Å². The smallest absolute Gasteiger partial charge is 0.407 e. The fourth-order valence-electron chi connectivity index (χ4n) is 8.44. The van der Waals surface area contributed by atoms with Crippen LogP contribution in [0.25, 0.3) is 6.08 Å². The first-order valence-corrected chi connectivity index (χ1v) is 20.7. The zero-order valence-corrected chi connectivity index (χ0v) is 32.4. The van der Waals surface area contributed by atoms with Gasteiger partial charge >= 0.3 is 6.09 Å². The molecule has 5 amide bonds. The fourth-order valence-corrected chi connectivity index (χ4v) is 9.80. The van der Waals surface area contributed by atoms with Gasteiger partial charge in [-0.2, -0.15) is 4.79 Å². The van der Waals surface area contributed by atoms with E-state index in [0.717, 1.165) is 42.4 Å². The van der Waals surface area contributed by atoms with E-state index in [1.54, 1.807) is 6.21 Å². The molecular formula is C40H52N5O8S+. The van der Waals surface area contributed by atoms with Crippen LogP contribution >= 0.6 is 0 Å². The molecule has 3 N–H and O–H groups in total. The highest BCUT2D eigenvalue weighted by molar-refractivity contribution is 7.91. The number of carbonyl (C=O) groups excluding carboxylic acids is 5. The number of ether oxygens (including phenoxy) is 1. The summed E-state index contributed by atoms with van der Waals surface area (Å²) < 4.78 is 35.0. The summed E-state index contributed by atoms with van der Waals surface area (Å²) in [5, 5.41) is 5.13. The zero-order valence-electron chi connectivity index (χ0n) is 31.6. The summed E-state index contributed by atoms with van der Waals surface area (Å²) in [4.78, 5) is 71.0. The van der Waals surface area contributed by atoms with Gasteiger partial charge in [0.1, 0.15) is 23.7 Å². The number of rotatable bonds is 6. The van der Waals surface area contributed by atoms with Gasteiger partial charge in [0.05, 0.1) is 17.4 Å². The number of hydrogen-bond donors (Lipinski definition) is 3. The molecule has 3 aliphatic heterocycles. The second kappa shape index (κ2) is 13.8. The largest absolute Gasteiger partial charge is 0.597 e. The molecule has 7 unspecified atom stereocenters. The molecular weight excluding hydrogens is 711 g/mol. The number of sulfonamides is 1. The van der Waals surface area contributed by atoms with E-state index >= 15 is 0 Å². The van der Waals surface area contributed by atoms with Gasteiger partial charge < -0.3 is 20.3 Å². The van der Waals surface area contributed by atoms with Crippen LogP contribution in [0.2, 0.25) is 0 Å². The minimum atomic E-state index is -3.91. The van der Waals surface area contributed by atoms with Crippen LogP contribution in [0.3, 0.4) is 0 Å². The van der Waals surface area contributed by atoms with Crippen molar-refractivity contribution in [3.63, 3.8) is 0 Å². The van der Waals surface area contributed by atoms with E-state index in [9.17, 15) is 32.4 Å². The van der Waals surface area contributed by atoms with Gasteiger partial charge in [-0.15, -0.1) is 11.2 Å². The lowest BCUT2D eigenvalue weighted by Gasteiger charge is -2.36. The molecule has 1 aromatic rings. The Kier molecular flexibility index (Phi) is 9.67. The van der Waals surface area contributed by atoms with Crippen LogP contribution in [-0.4, -0.2) is 89.4 Å². The Hall–Kier alpha value is -4.33. The Labute approximate surface area is 317 Å². The molecule has 290 valence electrons. The summed E-state index contributed by atoms with van der Waals surface area (Å²) >= 11 is 0. The molecule has 3 aliphatic carbocycles. The summed E-state index contributed by atoms with van der Waals surface area (Å²) in [6.45, 7) is 11.6. The van der Waals surface area contributed by atoms with Crippen molar-refractivity contribution in [2.75, 3.05) is 6.54 Å². The molecule has 1 saturated heterocycles. The third kappa shape index (κ3) is 7.50. The quantitative estimate of drug-likeness (QED) is 0.292. The van der Waals surface area contributed by atoms with Gasteiger partial charge in [0.25, 0.3) is 5.91 Å². The standard InChI is InChI=1S/C40H51N5O8S/c1-6-26-19-40(26,36(49)43-54(51,52)29-15-16-29)42-34(47)31-17-28-22-45(31)35(48)33(38(2,3)4)41-32(46)20-39(5)18-27(39)14-9-7-8-11-24-12-10-13-25-21-44(23-30(24)25)37(50)53-28/h6,8,10-13,23,26-29,31,33H,1,7,9,14-22H2,2-5H3,(H2-,41,42,43,46,47,49)/p+1/b11-8+. The number of benzene rings is 1. The van der Waals surface area contributed by atoms with Crippen LogP contribution in [0.1, 0.15) is 102 Å². The first kappa shape index (κ1) is 38.0. The number of allylic oxidation sites excluding steroid dienone is 1. The number of amides is 5. The molecule has 13 nitrogen and oxygen atoms in total. The van der Waals surface area contributed by atoms with Gasteiger partial charge in [0.2, 0.25) is 27.7 Å². The molecule has 3 heterocycles. The number of nitrogens with zero attached hydrogens (tertiary/aromatic N) is 2. The predicted molar refractivity (Wildman–Crippen MR) is 200 cm³/mol. The number of carbonyl (C=O) groups is 5. The number of hydrogen-bond acceptors (Lipinski definition) is 8.